The van der Waals surface area contributed by atoms with Crippen LogP contribution in [-0.2, 0) is 14.3 Å². The first kappa shape index (κ1) is 21.8. The number of carbonyl (C=O) groups is 2. The van der Waals surface area contributed by atoms with E-state index in [0.29, 0.717) is 24.2 Å². The summed E-state index contributed by atoms with van der Waals surface area (Å²) in [5, 5.41) is 9.24. The van der Waals surface area contributed by atoms with E-state index < -0.39 is 24.0 Å². The van der Waals surface area contributed by atoms with Crippen molar-refractivity contribution < 1.29 is 28.6 Å². The van der Waals surface area contributed by atoms with Gasteiger partial charge in [0.2, 0.25) is 0 Å². The summed E-state index contributed by atoms with van der Waals surface area (Å²) < 4.78 is 24.4. The molecule has 30 heavy (non-hydrogen) atoms. The van der Waals surface area contributed by atoms with Gasteiger partial charge < -0.3 is 14.6 Å². The number of hydrogen-bond acceptors (Lipinski definition) is 4. The zero-order valence-corrected chi connectivity index (χ0v) is 16.9. The second-order valence-electron chi connectivity index (χ2n) is 7.50. The number of hydrogen-bond donors (Lipinski definition) is 1. The quantitative estimate of drug-likeness (QED) is 0.688. The van der Waals surface area contributed by atoms with Gasteiger partial charge in [-0.2, -0.15) is 0 Å². The van der Waals surface area contributed by atoms with Gasteiger partial charge in [-0.3, -0.25) is 0 Å². The highest BCUT2D eigenvalue weighted by Crippen LogP contribution is 2.33. The van der Waals surface area contributed by atoms with E-state index in [0.717, 1.165) is 12.8 Å². The third kappa shape index (κ3) is 5.36. The Bertz CT molecular complexity index is 852. The number of methoxy groups -OCH3 is 1. The van der Waals surface area contributed by atoms with Crippen LogP contribution in [0.4, 0.5) is 20.6 Å². The summed E-state index contributed by atoms with van der Waals surface area (Å²) in [4.78, 5) is 25.5. The van der Waals surface area contributed by atoms with Crippen molar-refractivity contribution in [3.05, 3.63) is 60.4 Å². The molecular formula is C23H26FNO5. The lowest BCUT2D eigenvalue weighted by Gasteiger charge is -2.31. The van der Waals surface area contributed by atoms with Crippen LogP contribution in [0.3, 0.4) is 0 Å². The number of rotatable bonds is 7. The maximum atomic E-state index is 13.7. The van der Waals surface area contributed by atoms with Crippen molar-refractivity contribution in [2.45, 2.75) is 31.8 Å². The second kappa shape index (κ2) is 10.2. The number of benzene rings is 2. The first-order chi connectivity index (χ1) is 14.5. The van der Waals surface area contributed by atoms with E-state index in [1.165, 1.54) is 24.1 Å². The Hall–Kier alpha value is -2.93. The molecule has 1 aliphatic rings. The van der Waals surface area contributed by atoms with Gasteiger partial charge >= 0.3 is 12.1 Å². The first-order valence-corrected chi connectivity index (χ1v) is 10.0. The summed E-state index contributed by atoms with van der Waals surface area (Å²) in [6, 6.07) is 14.7. The summed E-state index contributed by atoms with van der Waals surface area (Å²) in [5.74, 6) is -1.26. The Morgan fingerprint density at radius 3 is 2.33 bits per heavy atom. The fraction of sp³-hybridized carbons (Fsp3) is 0.391. The molecule has 7 heteroatoms. The normalized spacial score (nSPS) is 19.7. The molecule has 0 radical (unpaired) electrons. The van der Waals surface area contributed by atoms with Crippen molar-refractivity contribution in [1.29, 1.82) is 0 Å². The van der Waals surface area contributed by atoms with E-state index in [2.05, 4.69) is 0 Å². The average molecular weight is 415 g/mol. The van der Waals surface area contributed by atoms with Crippen LogP contribution in [-0.4, -0.2) is 37.0 Å². The minimum atomic E-state index is -0.944. The number of carboxylic acids is 1. The summed E-state index contributed by atoms with van der Waals surface area (Å²) in [7, 11) is 1.41. The summed E-state index contributed by atoms with van der Waals surface area (Å²) in [6.45, 7) is 0.231. The van der Waals surface area contributed by atoms with E-state index in [9.17, 15) is 19.1 Å². The van der Waals surface area contributed by atoms with Crippen molar-refractivity contribution in [1.82, 2.24) is 0 Å². The molecule has 1 N–H and O–H groups in total. The number of halogens is 1. The molecule has 0 aromatic heterocycles. The second-order valence-corrected chi connectivity index (χ2v) is 7.50. The number of nitrogens with zero attached hydrogens (tertiary/aromatic N) is 1. The van der Waals surface area contributed by atoms with Gasteiger partial charge in [0.05, 0.1) is 18.0 Å². The minimum Gasteiger partial charge on any atom is -0.479 e. The fourth-order valence-corrected chi connectivity index (χ4v) is 3.96. The van der Waals surface area contributed by atoms with E-state index in [-0.39, 0.29) is 18.4 Å². The molecule has 0 bridgehead atoms. The van der Waals surface area contributed by atoms with Crippen LogP contribution in [0.25, 0.3) is 0 Å². The lowest BCUT2D eigenvalue weighted by atomic mass is 9.79. The molecule has 1 aliphatic carbocycles. The molecule has 0 spiro atoms. The highest BCUT2D eigenvalue weighted by molar-refractivity contribution is 5.95. The number of anilines is 2. The van der Waals surface area contributed by atoms with Crippen LogP contribution in [0.1, 0.15) is 25.7 Å². The maximum Gasteiger partial charge on any atom is 0.418 e. The molecule has 0 aliphatic heterocycles. The lowest BCUT2D eigenvalue weighted by Crippen LogP contribution is -2.35. The van der Waals surface area contributed by atoms with Gasteiger partial charge in [0.25, 0.3) is 0 Å². The third-order valence-corrected chi connectivity index (χ3v) is 5.52. The summed E-state index contributed by atoms with van der Waals surface area (Å²) in [6.07, 6.45) is 1.56. The molecule has 0 heterocycles. The van der Waals surface area contributed by atoms with Gasteiger partial charge in [0, 0.05) is 7.11 Å². The zero-order valence-electron chi connectivity index (χ0n) is 16.9. The van der Waals surface area contributed by atoms with E-state index in [1.807, 2.05) is 6.07 Å². The van der Waals surface area contributed by atoms with Crippen molar-refractivity contribution >= 4 is 23.4 Å². The Morgan fingerprint density at radius 2 is 1.73 bits per heavy atom. The molecule has 2 aromatic carbocycles. The average Bonchev–Trinajstić information content (AvgIpc) is 2.74. The van der Waals surface area contributed by atoms with Crippen molar-refractivity contribution in [2.24, 2.45) is 11.8 Å². The highest BCUT2D eigenvalue weighted by atomic mass is 19.1. The monoisotopic (exact) mass is 415 g/mol. The van der Waals surface area contributed by atoms with Crippen LogP contribution < -0.4 is 4.90 Å². The van der Waals surface area contributed by atoms with E-state index in [1.54, 1.807) is 36.4 Å². The lowest BCUT2D eigenvalue weighted by molar-refractivity contribution is -0.153. The maximum absolute atomic E-state index is 13.7. The van der Waals surface area contributed by atoms with Crippen molar-refractivity contribution in [3.63, 3.8) is 0 Å². The number of aliphatic carboxylic acids is 1. The van der Waals surface area contributed by atoms with Crippen LogP contribution in [0, 0.1) is 17.7 Å². The highest BCUT2D eigenvalue weighted by Gasteiger charge is 2.32. The Labute approximate surface area is 175 Å². The minimum absolute atomic E-state index is 0.0347. The smallest absolute Gasteiger partial charge is 0.418 e. The standard InChI is InChI=1S/C23H26FNO5/c1-29-21(22(26)27)17-12-10-16(11-13-17)15-30-23(28)25(19-7-3-2-4-8-19)20-9-5-6-18(24)14-20/h2-9,14,16-17,21H,10-13,15H2,1H3,(H,26,27). The molecule has 1 atom stereocenters. The first-order valence-electron chi connectivity index (χ1n) is 10.0. The third-order valence-electron chi connectivity index (χ3n) is 5.52. The molecule has 1 amide bonds. The molecule has 6 nitrogen and oxygen atoms in total. The van der Waals surface area contributed by atoms with Crippen LogP contribution in [0.2, 0.25) is 0 Å². The topological polar surface area (TPSA) is 76.1 Å². The molecule has 1 fully saturated rings. The molecular weight excluding hydrogens is 389 g/mol. The number of ether oxygens (including phenoxy) is 2. The van der Waals surface area contributed by atoms with Gasteiger partial charge in [-0.15, -0.1) is 0 Å². The molecule has 160 valence electrons. The molecule has 2 aromatic rings. The van der Waals surface area contributed by atoms with Crippen LogP contribution in [0.5, 0.6) is 0 Å². The van der Waals surface area contributed by atoms with Gasteiger partial charge in [0.15, 0.2) is 6.10 Å². The Kier molecular flexibility index (Phi) is 7.41. The fourth-order valence-electron chi connectivity index (χ4n) is 3.96. The number of carbonyl (C=O) groups excluding carboxylic acids is 1. The van der Waals surface area contributed by atoms with Gasteiger partial charge in [-0.05, 0) is 67.9 Å². The number of para-hydroxylation sites is 1. The van der Waals surface area contributed by atoms with Crippen molar-refractivity contribution in [2.75, 3.05) is 18.6 Å². The predicted molar refractivity (Wildman–Crippen MR) is 110 cm³/mol. The van der Waals surface area contributed by atoms with Gasteiger partial charge in [-0.1, -0.05) is 24.3 Å². The van der Waals surface area contributed by atoms with E-state index >= 15 is 0 Å². The number of carboxylic acid groups (broad SMARTS) is 1. The van der Waals surface area contributed by atoms with Crippen LogP contribution >= 0.6 is 0 Å². The summed E-state index contributed by atoms with van der Waals surface area (Å²) >= 11 is 0. The van der Waals surface area contributed by atoms with Crippen LogP contribution in [0.15, 0.2) is 54.6 Å². The molecule has 3 rings (SSSR count). The largest absolute Gasteiger partial charge is 0.479 e. The predicted octanol–water partition coefficient (Wildman–Crippen LogP) is 5.01. The van der Waals surface area contributed by atoms with Gasteiger partial charge in [0.1, 0.15) is 5.82 Å². The Morgan fingerprint density at radius 1 is 1.07 bits per heavy atom. The molecule has 1 saturated carbocycles. The Balaban J connectivity index is 1.63. The molecule has 1 unspecified atom stereocenters. The molecule has 0 saturated heterocycles. The zero-order chi connectivity index (χ0) is 21.5. The number of amides is 1. The van der Waals surface area contributed by atoms with E-state index in [4.69, 9.17) is 9.47 Å². The van der Waals surface area contributed by atoms with Crippen molar-refractivity contribution in [3.8, 4) is 0 Å². The van der Waals surface area contributed by atoms with Gasteiger partial charge in [-0.25, -0.2) is 18.9 Å². The summed E-state index contributed by atoms with van der Waals surface area (Å²) in [5.41, 5.74) is 0.973. The SMILES string of the molecule is COC(C(=O)O)C1CCC(COC(=O)N(c2ccccc2)c2cccc(F)c2)CC1.